The van der Waals surface area contributed by atoms with Crippen LogP contribution in [0.1, 0.15) is 36.2 Å². The number of hydrogen-bond acceptors (Lipinski definition) is 4. The molecule has 6 heteroatoms. The Bertz CT molecular complexity index is 543. The molecule has 1 aromatic rings. The van der Waals surface area contributed by atoms with Gasteiger partial charge in [-0.05, 0) is 44.2 Å². The number of amides is 1. The molecule has 1 unspecified atom stereocenters. The minimum Gasteiger partial charge on any atom is -0.383 e. The van der Waals surface area contributed by atoms with E-state index in [4.69, 9.17) is 4.74 Å². The molecule has 1 aliphatic heterocycles. The molecule has 1 N–H and O–H groups in total. The van der Waals surface area contributed by atoms with Crippen LogP contribution in [0.15, 0.2) is 0 Å². The van der Waals surface area contributed by atoms with Gasteiger partial charge in [0.2, 0.25) is 5.91 Å². The van der Waals surface area contributed by atoms with E-state index in [0.29, 0.717) is 6.54 Å². The van der Waals surface area contributed by atoms with Crippen LogP contribution in [0.3, 0.4) is 0 Å². The van der Waals surface area contributed by atoms with Crippen LogP contribution in [0, 0.1) is 5.92 Å². The predicted octanol–water partition coefficient (Wildman–Crippen LogP) is 1.22. The Labute approximate surface area is 138 Å². The van der Waals surface area contributed by atoms with Crippen molar-refractivity contribution in [2.45, 2.75) is 38.6 Å². The number of nitrogens with zero attached hydrogens (tertiary/aromatic N) is 3. The van der Waals surface area contributed by atoms with E-state index in [1.165, 1.54) is 24.1 Å². The van der Waals surface area contributed by atoms with Gasteiger partial charge in [-0.25, -0.2) is 0 Å². The van der Waals surface area contributed by atoms with E-state index in [0.717, 1.165) is 51.2 Å². The quantitative estimate of drug-likeness (QED) is 0.856. The summed E-state index contributed by atoms with van der Waals surface area (Å²) in [6.07, 6.45) is 5.61. The average Bonchev–Trinajstić information content (AvgIpc) is 3.20. The van der Waals surface area contributed by atoms with Gasteiger partial charge in [-0.1, -0.05) is 0 Å². The molecule has 0 aromatic carbocycles. The lowest BCUT2D eigenvalue weighted by atomic mass is 9.96. The Hall–Kier alpha value is -1.40. The largest absolute Gasteiger partial charge is 0.383 e. The fourth-order valence-corrected chi connectivity index (χ4v) is 3.75. The van der Waals surface area contributed by atoms with E-state index in [1.807, 2.05) is 11.9 Å². The van der Waals surface area contributed by atoms with Crippen molar-refractivity contribution in [3.63, 3.8) is 0 Å². The highest BCUT2D eigenvalue weighted by molar-refractivity contribution is 5.79. The monoisotopic (exact) mass is 320 g/mol. The fraction of sp³-hybridized carbons (Fsp3) is 0.765. The molecule has 6 nitrogen and oxygen atoms in total. The fourth-order valence-electron chi connectivity index (χ4n) is 3.75. The van der Waals surface area contributed by atoms with Crippen molar-refractivity contribution in [1.29, 1.82) is 0 Å². The molecular formula is C17H28N4O2. The third kappa shape index (κ3) is 3.75. The second kappa shape index (κ2) is 7.45. The summed E-state index contributed by atoms with van der Waals surface area (Å²) in [5.41, 5.74) is 3.69. The minimum atomic E-state index is 0.117. The Morgan fingerprint density at radius 1 is 1.43 bits per heavy atom. The number of carbonyl (C=O) groups excluding carboxylic acids is 1. The van der Waals surface area contributed by atoms with Crippen LogP contribution in [-0.2, 0) is 28.9 Å². The maximum Gasteiger partial charge on any atom is 0.227 e. The molecule has 1 amide bonds. The van der Waals surface area contributed by atoms with Crippen LogP contribution < -0.4 is 0 Å². The molecule has 0 spiro atoms. The normalized spacial score (nSPS) is 21.4. The molecule has 0 radical (unpaired) electrons. The van der Waals surface area contributed by atoms with Crippen LogP contribution >= 0.6 is 0 Å². The molecule has 0 saturated carbocycles. The molecule has 1 aromatic heterocycles. The summed E-state index contributed by atoms with van der Waals surface area (Å²) >= 11 is 0. The summed E-state index contributed by atoms with van der Waals surface area (Å²) in [4.78, 5) is 16.9. The molecule has 2 heterocycles. The average molecular weight is 320 g/mol. The first-order valence-corrected chi connectivity index (χ1v) is 8.70. The molecule has 3 rings (SSSR count). The standard InChI is InChI=1S/C17H28N4O2/c1-20(12-16-14-5-3-4-6-15(14)18-19-16)17(22)13-7-8-21(11-13)9-10-23-2/h13H,3-12H2,1-2H3,(H,18,19). The topological polar surface area (TPSA) is 61.5 Å². The second-order valence-corrected chi connectivity index (χ2v) is 6.81. The number of likely N-dealkylation sites (tertiary alicyclic amines) is 1. The highest BCUT2D eigenvalue weighted by Crippen LogP contribution is 2.24. The number of fused-ring (bicyclic) bond motifs is 1. The number of carbonyl (C=O) groups is 1. The molecule has 23 heavy (non-hydrogen) atoms. The third-order valence-corrected chi connectivity index (χ3v) is 5.14. The van der Waals surface area contributed by atoms with Gasteiger partial charge in [0.15, 0.2) is 0 Å². The summed E-state index contributed by atoms with van der Waals surface area (Å²) in [5, 5.41) is 7.62. The van der Waals surface area contributed by atoms with Crippen LogP contribution in [-0.4, -0.2) is 66.3 Å². The summed E-state index contributed by atoms with van der Waals surface area (Å²) < 4.78 is 5.12. The Kier molecular flexibility index (Phi) is 5.33. The smallest absolute Gasteiger partial charge is 0.227 e. The number of aryl methyl sites for hydroxylation is 1. The van der Waals surface area contributed by atoms with E-state index >= 15 is 0 Å². The maximum atomic E-state index is 12.7. The highest BCUT2D eigenvalue weighted by atomic mass is 16.5. The first kappa shape index (κ1) is 16.5. The van der Waals surface area contributed by atoms with Gasteiger partial charge in [-0.15, -0.1) is 0 Å². The molecule has 1 atom stereocenters. The highest BCUT2D eigenvalue weighted by Gasteiger charge is 2.30. The lowest BCUT2D eigenvalue weighted by molar-refractivity contribution is -0.134. The lowest BCUT2D eigenvalue weighted by Crippen LogP contribution is -2.35. The van der Waals surface area contributed by atoms with Crippen molar-refractivity contribution in [3.05, 3.63) is 17.0 Å². The van der Waals surface area contributed by atoms with Crippen LogP contribution in [0.2, 0.25) is 0 Å². The van der Waals surface area contributed by atoms with Gasteiger partial charge in [0.05, 0.1) is 24.8 Å². The predicted molar refractivity (Wildman–Crippen MR) is 88.1 cm³/mol. The molecule has 128 valence electrons. The first-order chi connectivity index (χ1) is 11.2. The van der Waals surface area contributed by atoms with E-state index in [-0.39, 0.29) is 11.8 Å². The van der Waals surface area contributed by atoms with Crippen LogP contribution in [0.4, 0.5) is 0 Å². The van der Waals surface area contributed by atoms with Gasteiger partial charge >= 0.3 is 0 Å². The van der Waals surface area contributed by atoms with Crippen molar-refractivity contribution in [2.24, 2.45) is 5.92 Å². The number of aromatic nitrogens is 2. The van der Waals surface area contributed by atoms with Gasteiger partial charge in [-0.2, -0.15) is 5.10 Å². The Morgan fingerprint density at radius 2 is 2.26 bits per heavy atom. The van der Waals surface area contributed by atoms with E-state index in [1.54, 1.807) is 7.11 Å². The summed E-state index contributed by atoms with van der Waals surface area (Å²) in [7, 11) is 3.63. The zero-order valence-electron chi connectivity index (χ0n) is 14.3. The van der Waals surface area contributed by atoms with Crippen LogP contribution in [0.5, 0.6) is 0 Å². The van der Waals surface area contributed by atoms with Crippen molar-refractivity contribution in [1.82, 2.24) is 20.0 Å². The second-order valence-electron chi connectivity index (χ2n) is 6.81. The molecule has 1 fully saturated rings. The van der Waals surface area contributed by atoms with Gasteiger partial charge in [0.25, 0.3) is 0 Å². The number of ether oxygens (including phenoxy) is 1. The van der Waals surface area contributed by atoms with Gasteiger partial charge in [0, 0.05) is 32.9 Å². The summed E-state index contributed by atoms with van der Waals surface area (Å²) in [6.45, 7) is 4.11. The van der Waals surface area contributed by atoms with E-state index in [9.17, 15) is 4.79 Å². The number of H-pyrrole nitrogens is 1. The van der Waals surface area contributed by atoms with Gasteiger partial charge in [0.1, 0.15) is 0 Å². The van der Waals surface area contributed by atoms with Crippen LogP contribution in [0.25, 0.3) is 0 Å². The summed E-state index contributed by atoms with van der Waals surface area (Å²) in [6, 6.07) is 0. The zero-order chi connectivity index (χ0) is 16.2. The van der Waals surface area contributed by atoms with E-state index < -0.39 is 0 Å². The van der Waals surface area contributed by atoms with Gasteiger partial charge < -0.3 is 14.5 Å². The van der Waals surface area contributed by atoms with Crippen molar-refractivity contribution >= 4 is 5.91 Å². The number of rotatable bonds is 6. The Balaban J connectivity index is 1.55. The number of nitrogens with one attached hydrogen (secondary N) is 1. The van der Waals surface area contributed by atoms with Crippen molar-refractivity contribution < 1.29 is 9.53 Å². The van der Waals surface area contributed by atoms with Gasteiger partial charge in [-0.3, -0.25) is 9.89 Å². The SMILES string of the molecule is COCCN1CCC(C(=O)N(C)Cc2n[nH]c3c2CCCC3)C1. The lowest BCUT2D eigenvalue weighted by Gasteiger charge is -2.22. The van der Waals surface area contributed by atoms with Crippen molar-refractivity contribution in [2.75, 3.05) is 40.4 Å². The molecule has 2 aliphatic rings. The molecule has 1 saturated heterocycles. The number of aromatic amines is 1. The molecule has 1 aliphatic carbocycles. The molecular weight excluding hydrogens is 292 g/mol. The summed E-state index contributed by atoms with van der Waals surface area (Å²) in [5.74, 6) is 0.365. The first-order valence-electron chi connectivity index (χ1n) is 8.70. The Morgan fingerprint density at radius 3 is 3.09 bits per heavy atom. The minimum absolute atomic E-state index is 0.117. The molecule has 0 bridgehead atoms. The van der Waals surface area contributed by atoms with E-state index in [2.05, 4.69) is 15.1 Å². The number of hydrogen-bond donors (Lipinski definition) is 1. The van der Waals surface area contributed by atoms with Crippen molar-refractivity contribution in [3.8, 4) is 0 Å². The third-order valence-electron chi connectivity index (χ3n) is 5.14. The number of methoxy groups -OCH3 is 1. The zero-order valence-corrected chi connectivity index (χ0v) is 14.3. The maximum absolute atomic E-state index is 12.7.